The molecule has 7 aromatic rings. The molecular formula is C67H77BN2O. The highest BCUT2D eigenvalue weighted by Crippen LogP contribution is 2.56. The molecule has 3 heterocycles. The Balaban J connectivity index is 1.22. The summed E-state index contributed by atoms with van der Waals surface area (Å²) < 4.78 is 7.72. The zero-order chi connectivity index (χ0) is 50.3. The number of fused-ring (bicyclic) bond motifs is 9. The minimum atomic E-state index is -0.132. The minimum absolute atomic E-state index is 0.0230. The van der Waals surface area contributed by atoms with E-state index in [1.54, 1.807) is 0 Å². The van der Waals surface area contributed by atoms with E-state index in [1.807, 2.05) is 0 Å². The molecule has 0 saturated carbocycles. The van der Waals surface area contributed by atoms with Gasteiger partial charge in [-0.2, -0.15) is 0 Å². The van der Waals surface area contributed by atoms with Crippen LogP contribution in [0.5, 0.6) is 0 Å². The molecule has 0 bridgehead atoms. The number of nitrogens with zero attached hydrogens (tertiary/aromatic N) is 2. The molecule has 4 heteroatoms. The van der Waals surface area contributed by atoms with Gasteiger partial charge in [0.15, 0.2) is 0 Å². The molecule has 0 saturated heterocycles. The van der Waals surface area contributed by atoms with Crippen LogP contribution in [0.25, 0.3) is 22.1 Å². The van der Waals surface area contributed by atoms with Gasteiger partial charge < -0.3 is 14.2 Å². The quantitative estimate of drug-likeness (QED) is 0.165. The molecule has 6 aromatic carbocycles. The van der Waals surface area contributed by atoms with Crippen molar-refractivity contribution < 1.29 is 4.42 Å². The number of anilines is 6. The third-order valence-electron chi connectivity index (χ3n) is 19.0. The van der Waals surface area contributed by atoms with Crippen LogP contribution in [-0.2, 0) is 37.9 Å². The van der Waals surface area contributed by atoms with Crippen molar-refractivity contribution in [3.8, 4) is 11.1 Å². The zero-order valence-corrected chi connectivity index (χ0v) is 45.9. The highest BCUT2D eigenvalue weighted by molar-refractivity contribution is 7.00. The summed E-state index contributed by atoms with van der Waals surface area (Å²) in [5, 5.41) is 1.22. The smallest absolute Gasteiger partial charge is 0.297 e. The Bertz CT molecular complexity index is 3390. The molecule has 3 aliphatic carbocycles. The van der Waals surface area contributed by atoms with E-state index >= 15 is 0 Å². The fraction of sp³-hybridized carbons (Fsp3) is 0.433. The highest BCUT2D eigenvalue weighted by Gasteiger charge is 2.50. The summed E-state index contributed by atoms with van der Waals surface area (Å²) in [7, 11) is 0. The van der Waals surface area contributed by atoms with Crippen molar-refractivity contribution in [2.24, 2.45) is 0 Å². The maximum absolute atomic E-state index is 7.72. The molecule has 0 amide bonds. The number of furan rings is 1. The van der Waals surface area contributed by atoms with Crippen LogP contribution in [0, 0.1) is 6.92 Å². The number of rotatable bonds is 3. The highest BCUT2D eigenvalue weighted by atomic mass is 16.3. The van der Waals surface area contributed by atoms with Gasteiger partial charge in [-0.1, -0.05) is 152 Å². The van der Waals surface area contributed by atoms with Gasteiger partial charge in [0.05, 0.1) is 17.0 Å². The first-order chi connectivity index (χ1) is 33.2. The first kappa shape index (κ1) is 46.6. The van der Waals surface area contributed by atoms with E-state index < -0.39 is 0 Å². The summed E-state index contributed by atoms with van der Waals surface area (Å²) >= 11 is 0. The summed E-state index contributed by atoms with van der Waals surface area (Å²) in [4.78, 5) is 5.33. The predicted octanol–water partition coefficient (Wildman–Crippen LogP) is 16.8. The minimum Gasteiger partial charge on any atom is -0.468 e. The van der Waals surface area contributed by atoms with Gasteiger partial charge in [-0.25, -0.2) is 0 Å². The van der Waals surface area contributed by atoms with Crippen LogP contribution >= 0.6 is 0 Å². The Morgan fingerprint density at radius 1 is 0.479 bits per heavy atom. The lowest BCUT2D eigenvalue weighted by molar-refractivity contribution is 0.332. The average molecular weight is 937 g/mol. The van der Waals surface area contributed by atoms with Crippen LogP contribution in [0.4, 0.5) is 34.1 Å². The van der Waals surface area contributed by atoms with Crippen LogP contribution in [-0.4, -0.2) is 6.71 Å². The second-order valence-corrected chi connectivity index (χ2v) is 27.9. The molecule has 0 radical (unpaired) electrons. The fourth-order valence-corrected chi connectivity index (χ4v) is 14.0. The molecule has 0 atom stereocenters. The van der Waals surface area contributed by atoms with E-state index in [2.05, 4.69) is 224 Å². The monoisotopic (exact) mass is 937 g/mol. The largest absolute Gasteiger partial charge is 0.468 e. The Morgan fingerprint density at radius 2 is 1.00 bits per heavy atom. The van der Waals surface area contributed by atoms with Crippen LogP contribution in [0.3, 0.4) is 0 Å². The summed E-state index contributed by atoms with van der Waals surface area (Å²) in [5.74, 6) is 0. The standard InChI is InChI=1S/C67H77BN2O/c1-40-32-55-58-56(33-40)70(54-38-50-48(64(9,10)28-30-66(50,13)14)36-44(54)41-20-18-17-19-21-41)53-25-22-42(61(2,3)4)34-52(53)68(58)60-59(45-37-49-51(39-57(45)71-60)67(15,16)31-29-65(49,11)12)69(55)43-23-24-46-47(35-43)63(7,8)27-26-62(46,5)6/h17-25,32-39H,26-31H2,1-16H3. The van der Waals surface area contributed by atoms with Gasteiger partial charge >= 0.3 is 0 Å². The van der Waals surface area contributed by atoms with Crippen molar-refractivity contribution in [2.75, 3.05) is 9.80 Å². The maximum atomic E-state index is 7.72. The molecule has 0 spiro atoms. The Morgan fingerprint density at radius 3 is 1.59 bits per heavy atom. The normalized spacial score (nSPS) is 20.4. The Labute approximate surface area is 426 Å². The van der Waals surface area contributed by atoms with Crippen molar-refractivity contribution in [2.45, 2.75) is 187 Å². The van der Waals surface area contributed by atoms with Crippen LogP contribution in [0.2, 0.25) is 0 Å². The zero-order valence-electron chi connectivity index (χ0n) is 45.9. The third-order valence-corrected chi connectivity index (χ3v) is 19.0. The molecule has 0 unspecified atom stereocenters. The molecule has 5 aliphatic rings. The van der Waals surface area contributed by atoms with E-state index in [0.717, 1.165) is 36.9 Å². The number of aryl methyl sites for hydroxylation is 1. The lowest BCUT2D eigenvalue weighted by Crippen LogP contribution is -2.61. The predicted molar refractivity (Wildman–Crippen MR) is 305 cm³/mol. The number of hydrogen-bond donors (Lipinski definition) is 0. The summed E-state index contributed by atoms with van der Waals surface area (Å²) in [6, 6.07) is 41.3. The molecule has 364 valence electrons. The molecule has 12 rings (SSSR count). The second-order valence-electron chi connectivity index (χ2n) is 27.9. The van der Waals surface area contributed by atoms with E-state index in [0.29, 0.717) is 0 Å². The molecule has 2 aliphatic heterocycles. The summed E-state index contributed by atoms with van der Waals surface area (Å²) in [6.45, 7) is 38.8. The van der Waals surface area contributed by atoms with Gasteiger partial charge in [0, 0.05) is 33.7 Å². The van der Waals surface area contributed by atoms with E-state index in [9.17, 15) is 0 Å². The topological polar surface area (TPSA) is 19.6 Å². The second kappa shape index (κ2) is 14.8. The van der Waals surface area contributed by atoms with Gasteiger partial charge in [-0.15, -0.1) is 0 Å². The third kappa shape index (κ3) is 6.88. The lowest BCUT2D eigenvalue weighted by Gasteiger charge is -2.46. The fourth-order valence-electron chi connectivity index (χ4n) is 14.0. The number of benzene rings is 6. The van der Waals surface area contributed by atoms with Gasteiger partial charge in [0.25, 0.3) is 6.71 Å². The van der Waals surface area contributed by atoms with Crippen LogP contribution in [0.15, 0.2) is 108 Å². The summed E-state index contributed by atoms with van der Waals surface area (Å²) in [5.41, 5.74) is 26.2. The van der Waals surface area contributed by atoms with Crippen LogP contribution in [0.1, 0.15) is 187 Å². The van der Waals surface area contributed by atoms with Crippen molar-refractivity contribution in [1.29, 1.82) is 0 Å². The first-order valence-electron chi connectivity index (χ1n) is 27.1. The van der Waals surface area contributed by atoms with E-state index in [-0.39, 0.29) is 44.6 Å². The molecule has 3 nitrogen and oxygen atoms in total. The molecule has 0 fully saturated rings. The molecule has 0 N–H and O–H groups in total. The van der Waals surface area contributed by atoms with Crippen molar-refractivity contribution >= 4 is 68.4 Å². The SMILES string of the molecule is Cc1cc2c3c(c1)N(c1ccc4c(c1)C(C)(C)CCC4(C)C)c1c(oc4cc5c(cc14)C(C)(C)CCC5(C)C)B3c1cc(C(C)(C)C)ccc1N2c1cc2c(cc1-c1ccccc1)C(C)(C)CCC2(C)C. The average Bonchev–Trinajstić information content (AvgIpc) is 3.68. The first-order valence-corrected chi connectivity index (χ1v) is 27.1. The Kier molecular flexibility index (Phi) is 9.73. The maximum Gasteiger partial charge on any atom is 0.297 e. The summed E-state index contributed by atoms with van der Waals surface area (Å²) in [6.07, 6.45) is 6.99. The van der Waals surface area contributed by atoms with E-state index in [1.165, 1.54) is 119 Å². The molecule has 71 heavy (non-hydrogen) atoms. The van der Waals surface area contributed by atoms with Gasteiger partial charge in [-0.05, 0) is 199 Å². The van der Waals surface area contributed by atoms with Crippen molar-refractivity contribution in [3.63, 3.8) is 0 Å². The Hall–Kier alpha value is -5.48. The van der Waals surface area contributed by atoms with Gasteiger partial charge in [-0.3, -0.25) is 0 Å². The number of hydrogen-bond acceptors (Lipinski definition) is 3. The lowest BCUT2D eigenvalue weighted by atomic mass is 9.35. The van der Waals surface area contributed by atoms with Crippen molar-refractivity contribution in [1.82, 2.24) is 0 Å². The van der Waals surface area contributed by atoms with Gasteiger partial charge in [0.2, 0.25) is 0 Å². The molecular weight excluding hydrogens is 860 g/mol. The van der Waals surface area contributed by atoms with Crippen LogP contribution < -0.4 is 26.4 Å². The van der Waals surface area contributed by atoms with Gasteiger partial charge in [0.1, 0.15) is 5.58 Å². The molecule has 1 aromatic heterocycles. The van der Waals surface area contributed by atoms with E-state index in [4.69, 9.17) is 4.42 Å². The van der Waals surface area contributed by atoms with Crippen molar-refractivity contribution in [3.05, 3.63) is 148 Å².